The highest BCUT2D eigenvalue weighted by Gasteiger charge is 2.25. The molecule has 53 heavy (non-hydrogen) atoms. The summed E-state index contributed by atoms with van der Waals surface area (Å²) in [4.78, 5) is 60.8. The number of carboxylic acids is 1. The van der Waals surface area contributed by atoms with E-state index in [1.165, 1.54) is 31.6 Å². The van der Waals surface area contributed by atoms with Crippen LogP contribution in [-0.2, 0) is 20.8 Å². The SMILES string of the molecule is CCc1cc(Nc2nccn3c(-c4ccc(OC)c(F)c4F)cnc23)ccc1C(=O)NCCCN[C@@H](N=C(N)N)C(C=O)NC(=O)[C@@H](N)CCC(=O)O. The van der Waals surface area contributed by atoms with Gasteiger partial charge in [0, 0.05) is 42.2 Å². The van der Waals surface area contributed by atoms with E-state index in [1.54, 1.807) is 28.8 Å². The molecule has 2 aromatic heterocycles. The molecule has 3 atom stereocenters. The number of fused-ring (bicyclic) bond motifs is 1. The lowest BCUT2D eigenvalue weighted by molar-refractivity contribution is -0.137. The quantitative estimate of drug-likeness (QED) is 0.0291. The number of amides is 2. The maximum atomic E-state index is 14.9. The number of methoxy groups -OCH3 is 1. The zero-order valence-electron chi connectivity index (χ0n) is 28.9. The average Bonchev–Trinajstić information content (AvgIpc) is 3.57. The first-order valence-electron chi connectivity index (χ1n) is 16.5. The fourth-order valence-corrected chi connectivity index (χ4v) is 5.33. The average molecular weight is 738 g/mol. The van der Waals surface area contributed by atoms with E-state index in [1.807, 2.05) is 6.92 Å². The topological polar surface area (TPSA) is 266 Å². The Balaban J connectivity index is 1.37. The van der Waals surface area contributed by atoms with E-state index in [9.17, 15) is 28.0 Å². The summed E-state index contributed by atoms with van der Waals surface area (Å²) in [5, 5.41) is 20.2. The number of carboxylic acid groups (broad SMARTS) is 1. The Bertz CT molecular complexity index is 1990. The Morgan fingerprint density at radius 3 is 2.57 bits per heavy atom. The van der Waals surface area contributed by atoms with Gasteiger partial charge in [0.05, 0.1) is 25.0 Å². The number of nitrogens with zero attached hydrogens (tertiary/aromatic N) is 4. The van der Waals surface area contributed by atoms with Crippen molar-refractivity contribution in [1.82, 2.24) is 30.3 Å². The summed E-state index contributed by atoms with van der Waals surface area (Å²) in [6, 6.07) is 5.52. The molecule has 0 aliphatic heterocycles. The van der Waals surface area contributed by atoms with E-state index in [2.05, 4.69) is 36.2 Å². The van der Waals surface area contributed by atoms with E-state index < -0.39 is 41.8 Å². The second-order valence-electron chi connectivity index (χ2n) is 11.7. The molecule has 0 aliphatic rings. The van der Waals surface area contributed by atoms with Crippen molar-refractivity contribution in [2.75, 3.05) is 25.5 Å². The molecule has 0 bridgehead atoms. The van der Waals surface area contributed by atoms with E-state index in [0.717, 1.165) is 5.56 Å². The number of hydrogen-bond donors (Lipinski definition) is 8. The lowest BCUT2D eigenvalue weighted by Crippen LogP contribution is -2.55. The maximum Gasteiger partial charge on any atom is 0.303 e. The summed E-state index contributed by atoms with van der Waals surface area (Å²) in [5.74, 6) is -4.59. The number of aryl methyl sites for hydroxylation is 1. The van der Waals surface area contributed by atoms with Gasteiger partial charge in [0.1, 0.15) is 18.5 Å². The second kappa shape index (κ2) is 18.3. The van der Waals surface area contributed by atoms with Crippen LogP contribution in [0, 0.1) is 11.6 Å². The number of benzene rings is 2. The lowest BCUT2D eigenvalue weighted by atomic mass is 10.0. The number of carbonyl (C=O) groups excluding carboxylic acids is 3. The van der Waals surface area contributed by atoms with Crippen molar-refractivity contribution in [2.45, 2.75) is 50.9 Å². The number of aliphatic imine (C=N–C) groups is 1. The first-order valence-corrected chi connectivity index (χ1v) is 16.5. The van der Waals surface area contributed by atoms with Crippen LogP contribution in [0.1, 0.15) is 42.1 Å². The number of imidazole rings is 1. The molecular formula is C34H41F2N11O6. The molecule has 4 aromatic rings. The normalized spacial score (nSPS) is 12.7. The minimum Gasteiger partial charge on any atom is -0.494 e. The fraction of sp³-hybridized carbons (Fsp3) is 0.324. The summed E-state index contributed by atoms with van der Waals surface area (Å²) >= 11 is 0. The second-order valence-corrected chi connectivity index (χ2v) is 11.7. The number of aromatic nitrogens is 3. The third-order valence-corrected chi connectivity index (χ3v) is 8.05. The Morgan fingerprint density at radius 1 is 1.11 bits per heavy atom. The lowest BCUT2D eigenvalue weighted by Gasteiger charge is -2.23. The number of halogens is 2. The summed E-state index contributed by atoms with van der Waals surface area (Å²) < 4.78 is 35.8. The smallest absolute Gasteiger partial charge is 0.303 e. The highest BCUT2D eigenvalue weighted by molar-refractivity contribution is 5.96. The van der Waals surface area contributed by atoms with Gasteiger partial charge in [-0.3, -0.25) is 24.1 Å². The summed E-state index contributed by atoms with van der Waals surface area (Å²) in [6.45, 7) is 2.35. The number of nitrogens with one attached hydrogen (secondary N) is 4. The standard InChI is InChI=1S/C34H41F2N11O6/c1-3-18-15-19(44-30-31-43-16-24(47(31)14-13-41-30)21-7-9-25(53-2)28(36)27(21)35)5-6-20(18)32(51)42-12-4-11-40-29(46-34(38)39)23(17-48)45-33(52)22(37)8-10-26(49)50/h5-7,9,13-17,22-23,29,40H,3-4,8,10-12,37H2,1-2H3,(H,41,44)(H,42,51)(H,45,52)(H,49,50)(H4,38,39,46)/t22-,23?,29-/m0/s1. The van der Waals surface area contributed by atoms with Gasteiger partial charge in [-0.15, -0.1) is 0 Å². The Kier molecular flexibility index (Phi) is 13.7. The monoisotopic (exact) mass is 737 g/mol. The molecule has 2 heterocycles. The molecule has 0 fully saturated rings. The molecule has 282 valence electrons. The Labute approximate surface area is 302 Å². The Morgan fingerprint density at radius 2 is 1.89 bits per heavy atom. The minimum atomic E-state index is -1.21. The van der Waals surface area contributed by atoms with Crippen molar-refractivity contribution in [1.29, 1.82) is 0 Å². The molecule has 11 N–H and O–H groups in total. The van der Waals surface area contributed by atoms with Crippen molar-refractivity contribution in [3.63, 3.8) is 0 Å². The number of anilines is 2. The third-order valence-electron chi connectivity index (χ3n) is 8.05. The van der Waals surface area contributed by atoms with Crippen LogP contribution in [0.3, 0.4) is 0 Å². The number of carbonyl (C=O) groups is 4. The fourth-order valence-electron chi connectivity index (χ4n) is 5.33. The molecule has 0 spiro atoms. The number of ether oxygens (including phenoxy) is 1. The van der Waals surface area contributed by atoms with E-state index in [4.69, 9.17) is 27.0 Å². The predicted octanol–water partition coefficient (Wildman–Crippen LogP) is 1.17. The van der Waals surface area contributed by atoms with E-state index in [0.29, 0.717) is 47.5 Å². The first-order chi connectivity index (χ1) is 25.4. The van der Waals surface area contributed by atoms with Crippen LogP contribution in [0.4, 0.5) is 20.3 Å². The van der Waals surface area contributed by atoms with Gasteiger partial charge < -0.3 is 47.8 Å². The molecule has 0 aliphatic carbocycles. The van der Waals surface area contributed by atoms with Crippen molar-refractivity contribution in [2.24, 2.45) is 22.2 Å². The maximum absolute atomic E-state index is 14.9. The third kappa shape index (κ3) is 9.98. The molecule has 0 saturated carbocycles. The predicted molar refractivity (Wildman–Crippen MR) is 191 cm³/mol. The van der Waals surface area contributed by atoms with Crippen molar-refractivity contribution >= 4 is 47.2 Å². The largest absolute Gasteiger partial charge is 0.494 e. The first kappa shape index (κ1) is 39.6. The van der Waals surface area contributed by atoms with Crippen LogP contribution >= 0.6 is 0 Å². The van der Waals surface area contributed by atoms with Gasteiger partial charge in [-0.1, -0.05) is 6.92 Å². The van der Waals surface area contributed by atoms with Gasteiger partial charge in [0.15, 0.2) is 29.0 Å². The number of rotatable bonds is 19. The minimum absolute atomic E-state index is 0.00785. The van der Waals surface area contributed by atoms with Gasteiger partial charge in [-0.05, 0) is 61.7 Å². The number of guanidine groups is 1. The van der Waals surface area contributed by atoms with Crippen molar-refractivity contribution in [3.8, 4) is 17.0 Å². The molecule has 17 nitrogen and oxygen atoms in total. The number of aldehydes is 1. The highest BCUT2D eigenvalue weighted by Crippen LogP contribution is 2.31. The molecule has 19 heteroatoms. The van der Waals surface area contributed by atoms with Crippen molar-refractivity contribution < 1.29 is 37.8 Å². The zero-order chi connectivity index (χ0) is 38.7. The van der Waals surface area contributed by atoms with Crippen LogP contribution in [-0.4, -0.2) is 88.0 Å². The van der Waals surface area contributed by atoms with Crippen LogP contribution in [0.5, 0.6) is 5.75 Å². The van der Waals surface area contributed by atoms with Crippen molar-refractivity contribution in [3.05, 3.63) is 71.7 Å². The van der Waals surface area contributed by atoms with E-state index in [-0.39, 0.29) is 49.1 Å². The van der Waals surface area contributed by atoms with Crippen LogP contribution in [0.15, 0.2) is 53.9 Å². The van der Waals surface area contributed by atoms with Gasteiger partial charge >= 0.3 is 5.97 Å². The molecule has 1 unspecified atom stereocenters. The van der Waals surface area contributed by atoms with Gasteiger partial charge in [0.25, 0.3) is 5.91 Å². The highest BCUT2D eigenvalue weighted by atomic mass is 19.2. The number of hydrogen-bond acceptors (Lipinski definition) is 11. The molecule has 0 saturated heterocycles. The number of aliphatic carboxylic acids is 1. The van der Waals surface area contributed by atoms with Crippen LogP contribution in [0.2, 0.25) is 0 Å². The molecule has 0 radical (unpaired) electrons. The zero-order valence-corrected chi connectivity index (χ0v) is 28.9. The number of nitrogens with two attached hydrogens (primary N) is 3. The molecule has 2 amide bonds. The van der Waals surface area contributed by atoms with Gasteiger partial charge in [0.2, 0.25) is 11.7 Å². The van der Waals surface area contributed by atoms with Gasteiger partial charge in [-0.25, -0.2) is 19.4 Å². The summed E-state index contributed by atoms with van der Waals surface area (Å²) in [7, 11) is 1.25. The van der Waals surface area contributed by atoms with Gasteiger partial charge in [-0.2, -0.15) is 4.39 Å². The van der Waals surface area contributed by atoms with Crippen LogP contribution < -0.4 is 43.2 Å². The Hall–Kier alpha value is -6.21. The molecule has 2 aromatic carbocycles. The summed E-state index contributed by atoms with van der Waals surface area (Å²) in [6.07, 6.45) is 4.29. The van der Waals surface area contributed by atoms with E-state index >= 15 is 0 Å². The molecule has 4 rings (SSSR count). The molecular weight excluding hydrogens is 696 g/mol. The van der Waals surface area contributed by atoms with Crippen LogP contribution in [0.25, 0.3) is 16.9 Å². The summed E-state index contributed by atoms with van der Waals surface area (Å²) in [5.41, 5.74) is 19.2.